The Kier molecular flexibility index (Phi) is 3.55. The number of rotatable bonds is 4. The Morgan fingerprint density at radius 3 is 2.60 bits per heavy atom. The lowest BCUT2D eigenvalue weighted by molar-refractivity contribution is -0.145. The summed E-state index contributed by atoms with van der Waals surface area (Å²) in [5, 5.41) is 0. The molecule has 1 aliphatic rings. The predicted octanol–water partition coefficient (Wildman–Crippen LogP) is 0.676. The average molecular weight is 208 g/mol. The third-order valence-electron chi connectivity index (χ3n) is 2.47. The Morgan fingerprint density at radius 2 is 2.13 bits per heavy atom. The monoisotopic (exact) mass is 208 g/mol. The number of allylic oxidation sites excluding steroid dienone is 3. The molecule has 0 aromatic rings. The quantitative estimate of drug-likeness (QED) is 0.387. The predicted molar refractivity (Wildman–Crippen MR) is 53.0 cm³/mol. The smallest absolute Gasteiger partial charge is 0.320 e. The van der Waals surface area contributed by atoms with E-state index in [4.69, 9.17) is 0 Å². The van der Waals surface area contributed by atoms with Crippen molar-refractivity contribution in [3.05, 3.63) is 23.3 Å². The molecule has 1 aliphatic carbocycles. The number of ether oxygens (including phenoxy) is 1. The normalized spacial score (nSPS) is 21.3. The summed E-state index contributed by atoms with van der Waals surface area (Å²) in [6, 6.07) is 0. The Hall–Kier alpha value is -1.71. The minimum absolute atomic E-state index is 0.473. The SMILES string of the molecule is COC(=O)[C@H](C=O)C1=CC=C(C)C1C=O. The van der Waals surface area contributed by atoms with Gasteiger partial charge in [-0.1, -0.05) is 17.7 Å². The topological polar surface area (TPSA) is 60.4 Å². The van der Waals surface area contributed by atoms with E-state index in [2.05, 4.69) is 4.74 Å². The molecule has 1 unspecified atom stereocenters. The first-order valence-electron chi connectivity index (χ1n) is 4.52. The lowest BCUT2D eigenvalue weighted by atomic mass is 9.89. The molecule has 1 rings (SSSR count). The number of carbonyl (C=O) groups is 3. The van der Waals surface area contributed by atoms with Crippen molar-refractivity contribution in [2.75, 3.05) is 7.11 Å². The van der Waals surface area contributed by atoms with Crippen molar-refractivity contribution in [1.82, 2.24) is 0 Å². The van der Waals surface area contributed by atoms with Gasteiger partial charge in [0.05, 0.1) is 13.0 Å². The molecule has 0 saturated heterocycles. The van der Waals surface area contributed by atoms with Crippen LogP contribution in [0.15, 0.2) is 23.3 Å². The Balaban J connectivity index is 2.93. The molecule has 0 radical (unpaired) electrons. The van der Waals surface area contributed by atoms with Crippen LogP contribution in [0.1, 0.15) is 6.92 Å². The summed E-state index contributed by atoms with van der Waals surface area (Å²) in [7, 11) is 1.21. The summed E-state index contributed by atoms with van der Waals surface area (Å²) in [6.45, 7) is 1.78. The first-order valence-corrected chi connectivity index (χ1v) is 4.52. The van der Waals surface area contributed by atoms with Crippen LogP contribution >= 0.6 is 0 Å². The van der Waals surface area contributed by atoms with E-state index in [9.17, 15) is 14.4 Å². The van der Waals surface area contributed by atoms with Crippen LogP contribution in [0.5, 0.6) is 0 Å². The third-order valence-corrected chi connectivity index (χ3v) is 2.47. The molecule has 0 bridgehead atoms. The van der Waals surface area contributed by atoms with Gasteiger partial charge in [-0.2, -0.15) is 0 Å². The zero-order valence-electron chi connectivity index (χ0n) is 8.60. The number of aldehydes is 2. The fraction of sp³-hybridized carbons (Fsp3) is 0.364. The Labute approximate surface area is 87.6 Å². The molecule has 4 nitrogen and oxygen atoms in total. The molecule has 0 aromatic heterocycles. The van der Waals surface area contributed by atoms with Gasteiger partial charge in [0.25, 0.3) is 0 Å². The van der Waals surface area contributed by atoms with Crippen LogP contribution in [-0.4, -0.2) is 25.7 Å². The molecule has 0 spiro atoms. The molecule has 0 saturated carbocycles. The maximum atomic E-state index is 11.3. The van der Waals surface area contributed by atoms with Crippen molar-refractivity contribution in [2.45, 2.75) is 6.92 Å². The number of hydrogen-bond acceptors (Lipinski definition) is 4. The van der Waals surface area contributed by atoms with Crippen LogP contribution in [0.2, 0.25) is 0 Å². The summed E-state index contributed by atoms with van der Waals surface area (Å²) >= 11 is 0. The zero-order valence-corrected chi connectivity index (χ0v) is 8.60. The van der Waals surface area contributed by atoms with E-state index in [1.54, 1.807) is 19.1 Å². The molecule has 0 fully saturated rings. The molecule has 15 heavy (non-hydrogen) atoms. The molecule has 80 valence electrons. The van der Waals surface area contributed by atoms with Gasteiger partial charge in [-0.25, -0.2) is 0 Å². The van der Waals surface area contributed by atoms with Gasteiger partial charge in [0, 0.05) is 0 Å². The molecule has 0 N–H and O–H groups in total. The second kappa shape index (κ2) is 4.68. The van der Waals surface area contributed by atoms with E-state index < -0.39 is 17.8 Å². The number of carbonyl (C=O) groups excluding carboxylic acids is 3. The molecular weight excluding hydrogens is 196 g/mol. The van der Waals surface area contributed by atoms with E-state index in [1.165, 1.54) is 7.11 Å². The van der Waals surface area contributed by atoms with Crippen LogP contribution in [-0.2, 0) is 19.1 Å². The largest absolute Gasteiger partial charge is 0.468 e. The second-order valence-corrected chi connectivity index (χ2v) is 3.33. The minimum Gasteiger partial charge on any atom is -0.468 e. The van der Waals surface area contributed by atoms with Gasteiger partial charge in [-0.15, -0.1) is 0 Å². The first kappa shape index (κ1) is 11.4. The molecule has 0 heterocycles. The van der Waals surface area contributed by atoms with E-state index in [1.807, 2.05) is 0 Å². The summed E-state index contributed by atoms with van der Waals surface area (Å²) in [4.78, 5) is 32.9. The van der Waals surface area contributed by atoms with Crippen molar-refractivity contribution >= 4 is 18.5 Å². The van der Waals surface area contributed by atoms with Crippen LogP contribution in [0.3, 0.4) is 0 Å². The van der Waals surface area contributed by atoms with Gasteiger partial charge in [-0.05, 0) is 12.5 Å². The lowest BCUT2D eigenvalue weighted by Crippen LogP contribution is -2.24. The second-order valence-electron chi connectivity index (χ2n) is 3.33. The fourth-order valence-corrected chi connectivity index (χ4v) is 1.58. The average Bonchev–Trinajstić information content (AvgIpc) is 2.60. The van der Waals surface area contributed by atoms with E-state index in [0.29, 0.717) is 11.9 Å². The first-order chi connectivity index (χ1) is 7.15. The van der Waals surface area contributed by atoms with Crippen molar-refractivity contribution in [3.8, 4) is 0 Å². The van der Waals surface area contributed by atoms with Crippen LogP contribution < -0.4 is 0 Å². The van der Waals surface area contributed by atoms with Crippen molar-refractivity contribution in [3.63, 3.8) is 0 Å². The van der Waals surface area contributed by atoms with Crippen molar-refractivity contribution in [1.29, 1.82) is 0 Å². The van der Waals surface area contributed by atoms with Gasteiger partial charge >= 0.3 is 5.97 Å². The molecule has 0 aliphatic heterocycles. The highest BCUT2D eigenvalue weighted by atomic mass is 16.5. The highest BCUT2D eigenvalue weighted by molar-refractivity contribution is 5.93. The maximum Gasteiger partial charge on any atom is 0.320 e. The zero-order chi connectivity index (χ0) is 11.4. The van der Waals surface area contributed by atoms with Gasteiger partial charge in [-0.3, -0.25) is 4.79 Å². The van der Waals surface area contributed by atoms with Gasteiger partial charge in [0.1, 0.15) is 18.5 Å². The Bertz CT molecular complexity index is 352. The van der Waals surface area contributed by atoms with Crippen LogP contribution in [0, 0.1) is 11.8 Å². The van der Waals surface area contributed by atoms with E-state index >= 15 is 0 Å². The van der Waals surface area contributed by atoms with E-state index in [0.717, 1.165) is 11.9 Å². The maximum absolute atomic E-state index is 11.3. The third kappa shape index (κ3) is 2.03. The highest BCUT2D eigenvalue weighted by Crippen LogP contribution is 2.30. The standard InChI is InChI=1S/C11H12O4/c1-7-3-4-8(9(7)5-12)10(6-13)11(14)15-2/h3-6,9-10H,1-2H3/t9?,10-/m1/s1. The Morgan fingerprint density at radius 1 is 1.47 bits per heavy atom. The lowest BCUT2D eigenvalue weighted by Gasteiger charge is -2.14. The molecule has 0 aromatic carbocycles. The number of hydrogen-bond donors (Lipinski definition) is 0. The molecular formula is C11H12O4. The van der Waals surface area contributed by atoms with Crippen molar-refractivity contribution in [2.24, 2.45) is 11.8 Å². The molecule has 0 amide bonds. The summed E-state index contributed by atoms with van der Waals surface area (Å²) in [6.07, 6.45) is 4.59. The number of methoxy groups -OCH3 is 1. The van der Waals surface area contributed by atoms with Crippen LogP contribution in [0.4, 0.5) is 0 Å². The van der Waals surface area contributed by atoms with Gasteiger partial charge < -0.3 is 14.3 Å². The highest BCUT2D eigenvalue weighted by Gasteiger charge is 2.31. The fourth-order valence-electron chi connectivity index (χ4n) is 1.58. The van der Waals surface area contributed by atoms with Gasteiger partial charge in [0.2, 0.25) is 0 Å². The summed E-state index contributed by atoms with van der Waals surface area (Å²) < 4.78 is 4.49. The number of esters is 1. The summed E-state index contributed by atoms with van der Waals surface area (Å²) in [5.74, 6) is -2.08. The van der Waals surface area contributed by atoms with Crippen LogP contribution in [0.25, 0.3) is 0 Å². The molecule has 4 heteroatoms. The molecule has 2 atom stereocenters. The summed E-state index contributed by atoms with van der Waals surface area (Å²) in [5.41, 5.74) is 1.32. The van der Waals surface area contributed by atoms with E-state index in [-0.39, 0.29) is 0 Å². The minimum atomic E-state index is -0.973. The van der Waals surface area contributed by atoms with Gasteiger partial charge in [0.15, 0.2) is 0 Å². The van der Waals surface area contributed by atoms with Crippen molar-refractivity contribution < 1.29 is 19.1 Å².